The van der Waals surface area contributed by atoms with E-state index in [2.05, 4.69) is 9.80 Å². The standard InChI is InChI=1S/2C18H20FN3O4.Cu/c2*1-10-9-26-17-14-11(16(23)12(18(24)25)8-22(10)14)7-13(19)15(17)21-5-3-20(2)4-6-21;/h2*7-8,10H,3-6,9H2,1-2H3,(H,24,25);/q;;+2/p-2/t2*10-;/m00./s1. The van der Waals surface area contributed by atoms with Crippen LogP contribution in [0.5, 0.6) is 11.5 Å². The molecule has 53 heavy (non-hydrogen) atoms. The molecule has 2 aromatic carbocycles. The molecule has 2 fully saturated rings. The fraction of sp³-hybridized carbons (Fsp3) is 0.444. The van der Waals surface area contributed by atoms with E-state index in [1.807, 2.05) is 37.7 Å². The molecule has 17 heteroatoms. The van der Waals surface area contributed by atoms with Gasteiger partial charge in [-0.15, -0.1) is 0 Å². The van der Waals surface area contributed by atoms with Gasteiger partial charge in [0, 0.05) is 64.8 Å². The zero-order chi connectivity index (χ0) is 37.2. The van der Waals surface area contributed by atoms with Crippen molar-refractivity contribution in [1.29, 1.82) is 0 Å². The average Bonchev–Trinajstić information content (AvgIpc) is 3.10. The Hall–Kier alpha value is -4.70. The first-order chi connectivity index (χ1) is 24.8. The number of likely N-dealkylation sites (N-methyl/N-ethyl adjacent to an activating group) is 2. The number of benzene rings is 2. The van der Waals surface area contributed by atoms with Gasteiger partial charge in [-0.25, -0.2) is 8.78 Å². The van der Waals surface area contributed by atoms with Crippen LogP contribution in [-0.2, 0) is 17.1 Å². The quantitative estimate of drug-likeness (QED) is 0.264. The second kappa shape index (κ2) is 14.6. The van der Waals surface area contributed by atoms with Crippen LogP contribution in [0.3, 0.4) is 0 Å². The first-order valence-corrected chi connectivity index (χ1v) is 17.1. The Balaban J connectivity index is 0.000000178. The third kappa shape index (κ3) is 6.60. The Morgan fingerprint density at radius 3 is 1.32 bits per heavy atom. The number of carboxylic acids is 2. The molecule has 14 nitrogen and oxygen atoms in total. The van der Waals surface area contributed by atoms with E-state index in [-0.39, 0.29) is 53.1 Å². The molecule has 1 radical (unpaired) electrons. The molecule has 8 rings (SSSR count). The maximum absolute atomic E-state index is 15.0. The predicted octanol–water partition coefficient (Wildman–Crippen LogP) is 0.416. The van der Waals surface area contributed by atoms with Crippen LogP contribution >= 0.6 is 0 Å². The van der Waals surface area contributed by atoms with Crippen LogP contribution < -0.4 is 40.3 Å². The smallest absolute Gasteiger partial charge is 0.545 e. The summed E-state index contributed by atoms with van der Waals surface area (Å²) in [6.45, 7) is 10.00. The van der Waals surface area contributed by atoms with E-state index < -0.39 is 45.6 Å². The molecule has 4 aromatic rings. The van der Waals surface area contributed by atoms with E-state index in [1.54, 1.807) is 9.13 Å². The summed E-state index contributed by atoms with van der Waals surface area (Å²) in [5, 5.41) is 22.6. The van der Waals surface area contributed by atoms with Crippen molar-refractivity contribution in [1.82, 2.24) is 18.9 Å². The minimum atomic E-state index is -1.57. The first-order valence-electron chi connectivity index (χ1n) is 17.1. The molecular formula is C36H38CuF2N6O8. The summed E-state index contributed by atoms with van der Waals surface area (Å²) in [6.07, 6.45) is 2.56. The van der Waals surface area contributed by atoms with Crippen molar-refractivity contribution in [2.45, 2.75) is 25.9 Å². The second-order valence-electron chi connectivity index (χ2n) is 13.9. The molecule has 0 spiro atoms. The van der Waals surface area contributed by atoms with Crippen LogP contribution in [0, 0.1) is 11.6 Å². The van der Waals surface area contributed by atoms with Crippen molar-refractivity contribution in [3.63, 3.8) is 0 Å². The Bertz CT molecular complexity index is 2090. The molecule has 6 heterocycles. The van der Waals surface area contributed by atoms with Crippen LogP contribution in [0.4, 0.5) is 20.2 Å². The van der Waals surface area contributed by atoms with Gasteiger partial charge in [0.05, 0.1) is 57.0 Å². The van der Waals surface area contributed by atoms with Crippen LogP contribution in [0.1, 0.15) is 46.6 Å². The molecule has 2 saturated heterocycles. The average molecular weight is 784 g/mol. The van der Waals surface area contributed by atoms with Gasteiger partial charge < -0.3 is 58.0 Å². The summed E-state index contributed by atoms with van der Waals surface area (Å²) in [6, 6.07) is 1.88. The van der Waals surface area contributed by atoms with E-state index in [0.717, 1.165) is 38.3 Å². The molecule has 2 atom stereocenters. The number of hydrogen-bond acceptors (Lipinski definition) is 12. The van der Waals surface area contributed by atoms with Gasteiger partial charge in [-0.3, -0.25) is 9.59 Å². The Labute approximate surface area is 313 Å². The molecule has 0 unspecified atom stereocenters. The van der Waals surface area contributed by atoms with Crippen molar-refractivity contribution in [2.75, 3.05) is 89.5 Å². The molecular weight excluding hydrogens is 746 g/mol. The molecule has 4 aliphatic heterocycles. The number of piperazine rings is 2. The summed E-state index contributed by atoms with van der Waals surface area (Å²) in [5.41, 5.74) is -0.882. The van der Waals surface area contributed by atoms with E-state index >= 15 is 0 Å². The summed E-state index contributed by atoms with van der Waals surface area (Å²) in [5.74, 6) is -3.67. The number of rotatable bonds is 4. The number of carbonyl (C=O) groups is 2. The maximum Gasteiger partial charge on any atom is 2.00 e. The van der Waals surface area contributed by atoms with Gasteiger partial charge in [-0.2, -0.15) is 0 Å². The Kier molecular flexibility index (Phi) is 10.5. The van der Waals surface area contributed by atoms with E-state index in [1.165, 1.54) is 12.4 Å². The van der Waals surface area contributed by atoms with Gasteiger partial charge in [0.25, 0.3) is 0 Å². The molecule has 0 aliphatic carbocycles. The summed E-state index contributed by atoms with van der Waals surface area (Å²) < 4.78 is 45.0. The Morgan fingerprint density at radius 2 is 1.00 bits per heavy atom. The van der Waals surface area contributed by atoms with E-state index in [0.29, 0.717) is 60.1 Å². The number of anilines is 2. The van der Waals surface area contributed by atoms with Crippen molar-refractivity contribution >= 4 is 45.1 Å². The van der Waals surface area contributed by atoms with E-state index in [9.17, 15) is 38.2 Å². The third-order valence-corrected chi connectivity index (χ3v) is 10.4. The minimum absolute atomic E-state index is 0. The van der Waals surface area contributed by atoms with Gasteiger partial charge in [0.1, 0.15) is 24.6 Å². The Morgan fingerprint density at radius 1 is 0.660 bits per heavy atom. The van der Waals surface area contributed by atoms with Crippen molar-refractivity contribution < 1.29 is 55.1 Å². The number of halogens is 2. The van der Waals surface area contributed by atoms with Gasteiger partial charge in [0.2, 0.25) is 0 Å². The molecule has 0 amide bonds. The van der Waals surface area contributed by atoms with Crippen LogP contribution in [0.2, 0.25) is 0 Å². The van der Waals surface area contributed by atoms with Crippen LogP contribution in [0.15, 0.2) is 34.1 Å². The number of aromatic carboxylic acids is 2. The number of ether oxygens (including phenoxy) is 2. The number of carbonyl (C=O) groups excluding carboxylic acids is 2. The summed E-state index contributed by atoms with van der Waals surface area (Å²) >= 11 is 0. The monoisotopic (exact) mass is 783 g/mol. The van der Waals surface area contributed by atoms with Crippen LogP contribution in [-0.4, -0.2) is 111 Å². The zero-order valence-corrected chi connectivity index (χ0v) is 30.5. The normalized spacial score (nSPS) is 19.9. The second-order valence-corrected chi connectivity index (χ2v) is 13.9. The number of nitrogens with zero attached hydrogens (tertiary/aromatic N) is 6. The molecule has 2 aromatic heterocycles. The van der Waals surface area contributed by atoms with Gasteiger partial charge in [0.15, 0.2) is 34.0 Å². The number of pyridine rings is 2. The van der Waals surface area contributed by atoms with Gasteiger partial charge in [-0.1, -0.05) is 0 Å². The maximum atomic E-state index is 15.0. The largest absolute Gasteiger partial charge is 2.00 e. The molecule has 285 valence electrons. The van der Waals surface area contributed by atoms with Crippen molar-refractivity contribution in [3.8, 4) is 11.5 Å². The third-order valence-electron chi connectivity index (χ3n) is 10.4. The molecule has 0 saturated carbocycles. The first kappa shape index (κ1) is 38.0. The predicted molar refractivity (Wildman–Crippen MR) is 185 cm³/mol. The number of carboxylic acid groups (broad SMARTS) is 2. The van der Waals surface area contributed by atoms with Gasteiger partial charge >= 0.3 is 17.1 Å². The summed E-state index contributed by atoms with van der Waals surface area (Å²) in [4.78, 5) is 55.8. The van der Waals surface area contributed by atoms with E-state index in [4.69, 9.17) is 9.47 Å². The fourth-order valence-electron chi connectivity index (χ4n) is 7.36. The van der Waals surface area contributed by atoms with Crippen molar-refractivity contribution in [3.05, 3.63) is 67.7 Å². The zero-order valence-electron chi connectivity index (χ0n) is 29.5. The molecule has 0 N–H and O–H groups in total. The SMILES string of the molecule is C[C@H]1COc2c(N3CCN(C)CC3)c(F)cc3c(=O)c(C(=O)[O-])cn1c23.C[C@H]1COc2c(N3CCN(C)CC3)c(F)cc3c(=O)c(C(=O)[O-])cn1c23.[Cu+2]. The topological polar surface area (TPSA) is 156 Å². The number of aromatic nitrogens is 2. The molecule has 0 bridgehead atoms. The summed E-state index contributed by atoms with van der Waals surface area (Å²) in [7, 11) is 4.02. The van der Waals surface area contributed by atoms with Crippen molar-refractivity contribution in [2.24, 2.45) is 0 Å². The molecule has 4 aliphatic rings. The van der Waals surface area contributed by atoms with Gasteiger partial charge in [-0.05, 0) is 40.1 Å². The van der Waals surface area contributed by atoms with Crippen LogP contribution in [0.25, 0.3) is 21.8 Å². The number of hydrogen-bond donors (Lipinski definition) is 0. The fourth-order valence-corrected chi connectivity index (χ4v) is 7.36. The minimum Gasteiger partial charge on any atom is -0.545 e.